The minimum Gasteiger partial charge on any atom is -0.391 e. The summed E-state index contributed by atoms with van der Waals surface area (Å²) in [5, 5.41) is 9.12. The summed E-state index contributed by atoms with van der Waals surface area (Å²) in [6.45, 7) is 1.38. The molecule has 0 heterocycles. The first-order valence-electron chi connectivity index (χ1n) is 4.01. The lowest BCUT2D eigenvalue weighted by Gasteiger charge is -2.16. The van der Waals surface area contributed by atoms with E-state index in [0.717, 1.165) is 12.1 Å². The number of aliphatic hydroxyl groups excluding tert-OH is 1. The summed E-state index contributed by atoms with van der Waals surface area (Å²) in [6, 6.07) is 1.17. The Hall–Kier alpha value is -0.520. The second-order valence-electron chi connectivity index (χ2n) is 3.05. The summed E-state index contributed by atoms with van der Waals surface area (Å²) < 4.78 is 26.8. The van der Waals surface area contributed by atoms with Crippen LogP contribution in [0.25, 0.3) is 0 Å². The maximum Gasteiger partial charge on any atom is 0.132 e. The molecule has 2 nitrogen and oxygen atoms in total. The average molecular weight is 266 g/mol. The van der Waals surface area contributed by atoms with Crippen LogP contribution in [0.2, 0.25) is 0 Å². The summed E-state index contributed by atoms with van der Waals surface area (Å²) in [5.41, 5.74) is 5.16. The summed E-state index contributed by atoms with van der Waals surface area (Å²) in [5.74, 6) is -1.52. The van der Waals surface area contributed by atoms with Crippen LogP contribution in [-0.4, -0.2) is 11.2 Å². The van der Waals surface area contributed by atoms with E-state index in [-0.39, 0.29) is 5.56 Å². The topological polar surface area (TPSA) is 46.2 Å². The van der Waals surface area contributed by atoms with Crippen LogP contribution in [0.4, 0.5) is 8.78 Å². The van der Waals surface area contributed by atoms with Crippen LogP contribution in [0.5, 0.6) is 0 Å². The molecule has 1 rings (SSSR count). The van der Waals surface area contributed by atoms with Crippen molar-refractivity contribution in [3.8, 4) is 0 Å². The highest BCUT2D eigenvalue weighted by Gasteiger charge is 2.21. The van der Waals surface area contributed by atoms with Gasteiger partial charge in [0.15, 0.2) is 0 Å². The fourth-order valence-electron chi connectivity index (χ4n) is 1.11. The Kier molecular flexibility index (Phi) is 3.58. The molecule has 78 valence electrons. The Morgan fingerprint density at radius 3 is 2.14 bits per heavy atom. The molecule has 0 bridgehead atoms. The van der Waals surface area contributed by atoms with Crippen LogP contribution in [0, 0.1) is 11.6 Å². The largest absolute Gasteiger partial charge is 0.391 e. The average Bonchev–Trinajstić information content (AvgIpc) is 2.01. The Balaban J connectivity index is 3.20. The molecule has 1 aromatic carbocycles. The van der Waals surface area contributed by atoms with E-state index in [9.17, 15) is 8.78 Å². The van der Waals surface area contributed by atoms with Crippen LogP contribution < -0.4 is 5.73 Å². The molecule has 0 aliphatic rings. The Morgan fingerprint density at radius 2 is 1.79 bits per heavy atom. The molecular formula is C9H10BrF2NO. The van der Waals surface area contributed by atoms with Gasteiger partial charge >= 0.3 is 0 Å². The van der Waals surface area contributed by atoms with E-state index in [0.29, 0.717) is 4.47 Å². The summed E-state index contributed by atoms with van der Waals surface area (Å²) in [7, 11) is 0. The molecule has 0 radical (unpaired) electrons. The van der Waals surface area contributed by atoms with Gasteiger partial charge in [-0.05, 0) is 19.1 Å². The van der Waals surface area contributed by atoms with Crippen LogP contribution in [0.15, 0.2) is 16.6 Å². The Labute approximate surface area is 88.9 Å². The number of nitrogens with two attached hydrogens (primary N) is 1. The van der Waals surface area contributed by atoms with Crippen molar-refractivity contribution >= 4 is 15.9 Å². The molecule has 1 aromatic rings. The van der Waals surface area contributed by atoms with Crippen molar-refractivity contribution in [2.24, 2.45) is 5.73 Å². The van der Waals surface area contributed by atoms with Gasteiger partial charge in [-0.2, -0.15) is 0 Å². The minimum atomic E-state index is -1.05. The molecule has 0 aliphatic carbocycles. The monoisotopic (exact) mass is 265 g/mol. The standard InChI is InChI=1S/C9H10BrF2NO/c1-4(14)9(13)8-6(11)2-5(10)3-7(8)12/h2-4,9,14H,13H2,1H3/t4?,9-/m1/s1. The van der Waals surface area contributed by atoms with E-state index in [4.69, 9.17) is 10.8 Å². The van der Waals surface area contributed by atoms with Gasteiger partial charge in [-0.25, -0.2) is 8.78 Å². The van der Waals surface area contributed by atoms with Crippen molar-refractivity contribution in [2.75, 3.05) is 0 Å². The number of benzene rings is 1. The third-order valence-corrected chi connectivity index (χ3v) is 2.35. The lowest BCUT2D eigenvalue weighted by molar-refractivity contribution is 0.160. The van der Waals surface area contributed by atoms with Gasteiger partial charge in [0, 0.05) is 10.0 Å². The number of halogens is 3. The normalized spacial score (nSPS) is 15.3. The summed E-state index contributed by atoms with van der Waals surface area (Å²) >= 11 is 2.95. The summed E-state index contributed by atoms with van der Waals surface area (Å²) in [6.07, 6.45) is -1.000. The Bertz CT molecular complexity index is 321. The molecule has 3 N–H and O–H groups in total. The first kappa shape index (κ1) is 11.6. The van der Waals surface area contributed by atoms with Crippen molar-refractivity contribution in [1.82, 2.24) is 0 Å². The lowest BCUT2D eigenvalue weighted by Crippen LogP contribution is -2.25. The zero-order valence-corrected chi connectivity index (χ0v) is 9.05. The number of aliphatic hydroxyl groups is 1. The van der Waals surface area contributed by atoms with Gasteiger partial charge in [0.1, 0.15) is 11.6 Å². The quantitative estimate of drug-likeness (QED) is 0.861. The minimum absolute atomic E-state index is 0.289. The molecule has 14 heavy (non-hydrogen) atoms. The molecule has 2 atom stereocenters. The van der Waals surface area contributed by atoms with E-state index < -0.39 is 23.8 Å². The number of hydrogen-bond donors (Lipinski definition) is 2. The van der Waals surface area contributed by atoms with Gasteiger partial charge in [-0.15, -0.1) is 0 Å². The van der Waals surface area contributed by atoms with E-state index in [1.807, 2.05) is 0 Å². The maximum atomic E-state index is 13.3. The van der Waals surface area contributed by atoms with E-state index in [1.54, 1.807) is 0 Å². The fraction of sp³-hybridized carbons (Fsp3) is 0.333. The van der Waals surface area contributed by atoms with Gasteiger partial charge in [0.05, 0.1) is 12.1 Å². The van der Waals surface area contributed by atoms with Crippen molar-refractivity contribution in [1.29, 1.82) is 0 Å². The number of hydrogen-bond acceptors (Lipinski definition) is 2. The molecule has 0 aromatic heterocycles. The molecule has 5 heteroatoms. The zero-order chi connectivity index (χ0) is 10.9. The third-order valence-electron chi connectivity index (χ3n) is 1.90. The molecule has 0 fully saturated rings. The Morgan fingerprint density at radius 1 is 1.36 bits per heavy atom. The van der Waals surface area contributed by atoms with Crippen LogP contribution in [0.3, 0.4) is 0 Å². The van der Waals surface area contributed by atoms with Gasteiger partial charge in [-0.1, -0.05) is 15.9 Å². The molecule has 0 aliphatic heterocycles. The first-order chi connectivity index (χ1) is 6.43. The van der Waals surface area contributed by atoms with Crippen molar-refractivity contribution in [3.05, 3.63) is 33.8 Å². The van der Waals surface area contributed by atoms with Crippen molar-refractivity contribution in [3.63, 3.8) is 0 Å². The van der Waals surface area contributed by atoms with Crippen LogP contribution in [-0.2, 0) is 0 Å². The van der Waals surface area contributed by atoms with Crippen LogP contribution in [0.1, 0.15) is 18.5 Å². The lowest BCUT2D eigenvalue weighted by atomic mass is 10.0. The molecule has 0 amide bonds. The predicted molar refractivity (Wildman–Crippen MR) is 52.7 cm³/mol. The first-order valence-corrected chi connectivity index (χ1v) is 4.81. The van der Waals surface area contributed by atoms with Crippen molar-refractivity contribution in [2.45, 2.75) is 19.1 Å². The second-order valence-corrected chi connectivity index (χ2v) is 3.97. The fourth-order valence-corrected chi connectivity index (χ4v) is 1.51. The van der Waals surface area contributed by atoms with E-state index in [1.165, 1.54) is 6.92 Å². The zero-order valence-electron chi connectivity index (χ0n) is 7.47. The maximum absolute atomic E-state index is 13.3. The third kappa shape index (κ3) is 2.29. The molecular weight excluding hydrogens is 256 g/mol. The highest BCUT2D eigenvalue weighted by Crippen LogP contribution is 2.25. The summed E-state index contributed by atoms with van der Waals surface area (Å²) in [4.78, 5) is 0. The highest BCUT2D eigenvalue weighted by molar-refractivity contribution is 9.10. The van der Waals surface area contributed by atoms with E-state index in [2.05, 4.69) is 15.9 Å². The van der Waals surface area contributed by atoms with Gasteiger partial charge in [-0.3, -0.25) is 0 Å². The SMILES string of the molecule is CC(O)[C@@H](N)c1c(F)cc(Br)cc1F. The van der Waals surface area contributed by atoms with Gasteiger partial charge in [0.2, 0.25) is 0 Å². The molecule has 0 spiro atoms. The van der Waals surface area contributed by atoms with Crippen LogP contribution >= 0.6 is 15.9 Å². The van der Waals surface area contributed by atoms with Gasteiger partial charge in [0.25, 0.3) is 0 Å². The smallest absolute Gasteiger partial charge is 0.132 e. The van der Waals surface area contributed by atoms with Crippen molar-refractivity contribution < 1.29 is 13.9 Å². The second kappa shape index (κ2) is 4.33. The van der Waals surface area contributed by atoms with E-state index >= 15 is 0 Å². The molecule has 0 saturated carbocycles. The molecule has 0 saturated heterocycles. The highest BCUT2D eigenvalue weighted by atomic mass is 79.9. The predicted octanol–water partition coefficient (Wildman–Crippen LogP) is 2.11. The van der Waals surface area contributed by atoms with Gasteiger partial charge < -0.3 is 10.8 Å². The molecule has 1 unspecified atom stereocenters. The number of rotatable bonds is 2.